The molecule has 154 valence electrons. The molecule has 0 fully saturated rings. The number of aryl methyl sites for hydroxylation is 1. The molecule has 2 aromatic carbocycles. The first-order chi connectivity index (χ1) is 14.2. The van der Waals surface area contributed by atoms with Gasteiger partial charge in [0.05, 0.1) is 24.9 Å². The highest BCUT2D eigenvalue weighted by molar-refractivity contribution is 5.63. The minimum absolute atomic E-state index is 0.148. The molecule has 5 nitrogen and oxygen atoms in total. The van der Waals surface area contributed by atoms with Gasteiger partial charge in [0.25, 0.3) is 0 Å². The highest BCUT2D eigenvalue weighted by Gasteiger charge is 2.15. The zero-order chi connectivity index (χ0) is 20.5. The third-order valence-corrected chi connectivity index (χ3v) is 4.70. The topological polar surface area (TPSA) is 53.7 Å². The molecule has 0 aliphatic carbocycles. The van der Waals surface area contributed by atoms with E-state index in [0.717, 1.165) is 41.4 Å². The van der Waals surface area contributed by atoms with E-state index in [1.54, 1.807) is 0 Å². The Hall–Kier alpha value is -2.63. The summed E-state index contributed by atoms with van der Waals surface area (Å²) in [6.45, 7) is 8.37. The molecule has 0 radical (unpaired) electrons. The Kier molecular flexibility index (Phi) is 7.85. The van der Waals surface area contributed by atoms with Crippen molar-refractivity contribution in [1.29, 1.82) is 0 Å². The molecule has 1 aromatic heterocycles. The average Bonchev–Trinajstić information content (AvgIpc) is 3.12. The smallest absolute Gasteiger partial charge is 0.140 e. The van der Waals surface area contributed by atoms with E-state index in [2.05, 4.69) is 24.2 Å². The highest BCUT2D eigenvalue weighted by Crippen LogP contribution is 2.26. The number of benzene rings is 2. The molecule has 1 heterocycles. The van der Waals surface area contributed by atoms with Gasteiger partial charge in [0, 0.05) is 12.2 Å². The molecule has 29 heavy (non-hydrogen) atoms. The van der Waals surface area contributed by atoms with Crippen molar-refractivity contribution in [1.82, 2.24) is 5.16 Å². The van der Waals surface area contributed by atoms with Crippen LogP contribution in [0.1, 0.15) is 30.7 Å². The van der Waals surface area contributed by atoms with Gasteiger partial charge in [-0.15, -0.1) is 0 Å². The Labute approximate surface area is 172 Å². The minimum atomic E-state index is 0.148. The van der Waals surface area contributed by atoms with Gasteiger partial charge in [-0.3, -0.25) is 0 Å². The summed E-state index contributed by atoms with van der Waals surface area (Å²) in [5.41, 5.74) is 4.04. The summed E-state index contributed by atoms with van der Waals surface area (Å²) in [7, 11) is 0. The molecule has 3 aromatic rings. The van der Waals surface area contributed by atoms with Crippen LogP contribution in [-0.4, -0.2) is 31.1 Å². The maximum absolute atomic E-state index is 6.00. The van der Waals surface area contributed by atoms with Gasteiger partial charge in [-0.05, 0) is 44.9 Å². The summed E-state index contributed by atoms with van der Waals surface area (Å²) < 4.78 is 22.5. The Morgan fingerprint density at radius 1 is 1.00 bits per heavy atom. The number of aromatic nitrogens is 1. The van der Waals surface area contributed by atoms with Gasteiger partial charge in [-0.25, -0.2) is 0 Å². The Morgan fingerprint density at radius 3 is 2.48 bits per heavy atom. The number of ether oxygens (including phenoxy) is 3. The van der Waals surface area contributed by atoms with Crippen molar-refractivity contribution in [3.63, 3.8) is 0 Å². The first-order valence-electron chi connectivity index (χ1n) is 10.1. The Balaban J connectivity index is 1.54. The lowest BCUT2D eigenvalue weighted by Gasteiger charge is -2.13. The van der Waals surface area contributed by atoms with Gasteiger partial charge in [-0.2, -0.15) is 0 Å². The van der Waals surface area contributed by atoms with E-state index in [4.69, 9.17) is 18.7 Å². The van der Waals surface area contributed by atoms with Crippen LogP contribution >= 0.6 is 0 Å². The fourth-order valence-electron chi connectivity index (χ4n) is 3.10. The molecule has 0 saturated carbocycles. The van der Waals surface area contributed by atoms with Crippen LogP contribution in [0.3, 0.4) is 0 Å². The second-order valence-corrected chi connectivity index (χ2v) is 6.95. The molecule has 0 aliphatic rings. The van der Waals surface area contributed by atoms with Crippen molar-refractivity contribution >= 4 is 0 Å². The molecule has 3 rings (SSSR count). The van der Waals surface area contributed by atoms with E-state index >= 15 is 0 Å². The monoisotopic (exact) mass is 395 g/mol. The van der Waals surface area contributed by atoms with E-state index in [0.29, 0.717) is 19.8 Å². The minimum Gasteiger partial charge on any atom is -0.489 e. The van der Waals surface area contributed by atoms with Gasteiger partial charge in [0.1, 0.15) is 23.8 Å². The molecular formula is C24H29NO4. The molecule has 0 aliphatic heterocycles. The zero-order valence-corrected chi connectivity index (χ0v) is 17.4. The maximum Gasteiger partial charge on any atom is 0.140 e. The SMILES string of the molecule is CCOCCO[C@@H](C)Cc1ccc(OCc2c(-c3ccccc3)noc2C)cc1. The maximum atomic E-state index is 6.00. The van der Waals surface area contributed by atoms with E-state index in [-0.39, 0.29) is 6.10 Å². The first-order valence-corrected chi connectivity index (χ1v) is 10.1. The Morgan fingerprint density at radius 2 is 1.76 bits per heavy atom. The molecule has 5 heteroatoms. The largest absolute Gasteiger partial charge is 0.489 e. The third-order valence-electron chi connectivity index (χ3n) is 4.70. The average molecular weight is 395 g/mol. The molecule has 0 spiro atoms. The van der Waals surface area contributed by atoms with Gasteiger partial charge in [0.2, 0.25) is 0 Å². The first kappa shape index (κ1) is 21.1. The fraction of sp³-hybridized carbons (Fsp3) is 0.375. The van der Waals surface area contributed by atoms with Crippen LogP contribution in [0, 0.1) is 6.92 Å². The van der Waals surface area contributed by atoms with Gasteiger partial charge in [-0.1, -0.05) is 47.6 Å². The predicted octanol–water partition coefficient (Wildman–Crippen LogP) is 5.21. The zero-order valence-electron chi connectivity index (χ0n) is 17.4. The van der Waals surface area contributed by atoms with Crippen LogP contribution in [0.4, 0.5) is 0 Å². The molecule has 0 amide bonds. The van der Waals surface area contributed by atoms with Crippen LogP contribution in [0.15, 0.2) is 59.1 Å². The lowest BCUT2D eigenvalue weighted by Crippen LogP contribution is -2.15. The van der Waals surface area contributed by atoms with E-state index in [9.17, 15) is 0 Å². The molecule has 0 N–H and O–H groups in total. The number of hydrogen-bond donors (Lipinski definition) is 0. The lowest BCUT2D eigenvalue weighted by atomic mass is 10.1. The summed E-state index contributed by atoms with van der Waals surface area (Å²) in [5.74, 6) is 1.59. The van der Waals surface area contributed by atoms with Crippen LogP contribution in [0.25, 0.3) is 11.3 Å². The summed E-state index contributed by atoms with van der Waals surface area (Å²) in [6, 6.07) is 18.2. The van der Waals surface area contributed by atoms with E-state index < -0.39 is 0 Å². The predicted molar refractivity (Wildman–Crippen MR) is 113 cm³/mol. The number of nitrogens with zero attached hydrogens (tertiary/aromatic N) is 1. The van der Waals surface area contributed by atoms with Gasteiger partial charge >= 0.3 is 0 Å². The van der Waals surface area contributed by atoms with Crippen LogP contribution in [0.2, 0.25) is 0 Å². The van der Waals surface area contributed by atoms with Crippen molar-refractivity contribution in [2.24, 2.45) is 0 Å². The summed E-state index contributed by atoms with van der Waals surface area (Å²) >= 11 is 0. The molecular weight excluding hydrogens is 366 g/mol. The number of rotatable bonds is 11. The molecule has 1 atom stereocenters. The normalized spacial score (nSPS) is 12.1. The fourth-order valence-corrected chi connectivity index (χ4v) is 3.10. The van der Waals surface area contributed by atoms with Crippen molar-refractivity contribution in [2.75, 3.05) is 19.8 Å². The molecule has 0 saturated heterocycles. The van der Waals surface area contributed by atoms with Gasteiger partial charge in [0.15, 0.2) is 0 Å². The molecule has 0 bridgehead atoms. The molecule has 0 unspecified atom stereocenters. The summed E-state index contributed by atoms with van der Waals surface area (Å²) in [6.07, 6.45) is 1.00. The summed E-state index contributed by atoms with van der Waals surface area (Å²) in [5, 5.41) is 4.20. The standard InChI is InChI=1S/C24H29NO4/c1-4-26-14-15-27-18(2)16-20-10-12-22(13-11-20)28-17-23-19(3)29-25-24(23)21-8-6-5-7-9-21/h5-13,18H,4,14-17H2,1-3H3/t18-/m0/s1. The second-order valence-electron chi connectivity index (χ2n) is 6.95. The van der Waals surface area contributed by atoms with E-state index in [1.807, 2.05) is 56.3 Å². The third kappa shape index (κ3) is 6.17. The summed E-state index contributed by atoms with van der Waals surface area (Å²) in [4.78, 5) is 0. The lowest BCUT2D eigenvalue weighted by molar-refractivity contribution is 0.0158. The van der Waals surface area contributed by atoms with Crippen LogP contribution in [-0.2, 0) is 22.5 Å². The number of hydrogen-bond acceptors (Lipinski definition) is 5. The van der Waals surface area contributed by atoms with Crippen LogP contribution in [0.5, 0.6) is 5.75 Å². The van der Waals surface area contributed by atoms with Crippen molar-refractivity contribution < 1.29 is 18.7 Å². The van der Waals surface area contributed by atoms with Gasteiger partial charge < -0.3 is 18.7 Å². The Bertz CT molecular complexity index is 858. The quantitative estimate of drug-likeness (QED) is 0.417. The van der Waals surface area contributed by atoms with Crippen molar-refractivity contribution in [3.05, 3.63) is 71.5 Å². The van der Waals surface area contributed by atoms with Crippen molar-refractivity contribution in [3.8, 4) is 17.0 Å². The second kappa shape index (κ2) is 10.8. The van der Waals surface area contributed by atoms with E-state index in [1.165, 1.54) is 5.56 Å². The highest BCUT2D eigenvalue weighted by atomic mass is 16.5. The van der Waals surface area contributed by atoms with Crippen molar-refractivity contribution in [2.45, 2.75) is 39.9 Å². The van der Waals surface area contributed by atoms with Crippen LogP contribution < -0.4 is 4.74 Å².